The molecule has 0 bridgehead atoms. The van der Waals surface area contributed by atoms with Gasteiger partial charge in [-0.15, -0.1) is 0 Å². The van der Waals surface area contributed by atoms with Crippen LogP contribution in [0.2, 0.25) is 5.02 Å². The van der Waals surface area contributed by atoms with Crippen molar-refractivity contribution in [3.8, 4) is 11.1 Å². The Balaban J connectivity index is 1.70. The lowest BCUT2D eigenvalue weighted by atomic mass is 9.85. The average Bonchev–Trinajstić information content (AvgIpc) is 2.91. The predicted octanol–water partition coefficient (Wildman–Crippen LogP) is 6.03. The van der Waals surface area contributed by atoms with Crippen molar-refractivity contribution in [2.24, 2.45) is 12.2 Å². The molecule has 8 heteroatoms. The third kappa shape index (κ3) is 5.62. The van der Waals surface area contributed by atoms with Gasteiger partial charge in [0.25, 0.3) is 0 Å². The van der Waals surface area contributed by atoms with E-state index in [4.69, 9.17) is 11.6 Å². The van der Waals surface area contributed by atoms with E-state index in [0.29, 0.717) is 28.3 Å². The van der Waals surface area contributed by atoms with Crippen molar-refractivity contribution in [1.29, 1.82) is 0 Å². The molecule has 0 saturated heterocycles. The largest absolute Gasteiger partial charge is 0.465 e. The minimum Gasteiger partial charge on any atom is -0.465 e. The topological polar surface area (TPSA) is 80.9 Å². The zero-order valence-corrected chi connectivity index (χ0v) is 20.9. The first kappa shape index (κ1) is 25.9. The number of aromatic nitrogens is 1. The molecule has 0 fully saturated rings. The molecule has 1 N–H and O–H groups in total. The smallest absolute Gasteiger partial charge is 0.340 e. The van der Waals surface area contributed by atoms with Crippen molar-refractivity contribution in [2.75, 3.05) is 7.11 Å². The number of hydrogen-bond donors (Lipinski definition) is 1. The van der Waals surface area contributed by atoms with Crippen molar-refractivity contribution in [3.05, 3.63) is 129 Å². The van der Waals surface area contributed by atoms with Gasteiger partial charge >= 0.3 is 5.97 Å². The van der Waals surface area contributed by atoms with Crippen LogP contribution in [0.1, 0.15) is 39.4 Å². The average molecular weight is 519 g/mol. The Morgan fingerprint density at radius 3 is 2.38 bits per heavy atom. The molecule has 1 unspecified atom stereocenters. The highest BCUT2D eigenvalue weighted by Crippen LogP contribution is 2.35. The summed E-state index contributed by atoms with van der Waals surface area (Å²) in [5.41, 5.74) is 3.81. The van der Waals surface area contributed by atoms with Crippen LogP contribution in [0, 0.1) is 5.82 Å². The van der Waals surface area contributed by atoms with Crippen LogP contribution in [0.4, 0.5) is 4.39 Å². The summed E-state index contributed by atoms with van der Waals surface area (Å²) in [6.07, 6.45) is 1.93. The van der Waals surface area contributed by atoms with Crippen molar-refractivity contribution in [3.63, 3.8) is 0 Å². The number of aryl methyl sites for hydroxylation is 1. The van der Waals surface area contributed by atoms with Crippen molar-refractivity contribution >= 4 is 23.3 Å². The van der Waals surface area contributed by atoms with Crippen molar-refractivity contribution in [1.82, 2.24) is 4.57 Å². The first-order valence-corrected chi connectivity index (χ1v) is 11.8. The van der Waals surface area contributed by atoms with Gasteiger partial charge in [-0.05, 0) is 46.5 Å². The maximum Gasteiger partial charge on any atom is 0.340 e. The van der Waals surface area contributed by atoms with Gasteiger partial charge in [0.1, 0.15) is 5.82 Å². The molecule has 0 amide bonds. The van der Waals surface area contributed by atoms with Crippen LogP contribution in [-0.4, -0.2) is 28.6 Å². The van der Waals surface area contributed by atoms with Crippen LogP contribution in [0.5, 0.6) is 0 Å². The number of oxime groups is 1. The van der Waals surface area contributed by atoms with Gasteiger partial charge in [0, 0.05) is 42.2 Å². The number of ether oxygens (including phenoxy) is 1. The zero-order valence-electron chi connectivity index (χ0n) is 20.2. The standard InChI is InChI=1S/C29H24ClFN2O4/c1-33-17-21(12-14-28(33)34)27(32-36)16-24(22-5-3-4-6-25(22)30)19-9-7-18(8-10-19)20-11-13-23(26(31)15-20)29(35)37-2/h3-15,17,24,36H,16H2,1-2H3. The van der Waals surface area contributed by atoms with Gasteiger partial charge in [-0.25, -0.2) is 9.18 Å². The molecule has 6 nitrogen and oxygen atoms in total. The van der Waals surface area contributed by atoms with E-state index in [9.17, 15) is 19.2 Å². The molecule has 37 heavy (non-hydrogen) atoms. The number of halogens is 2. The maximum atomic E-state index is 14.5. The number of methoxy groups -OCH3 is 1. The molecule has 0 spiro atoms. The molecule has 4 aromatic rings. The van der Waals surface area contributed by atoms with Crippen molar-refractivity contribution in [2.45, 2.75) is 12.3 Å². The minimum absolute atomic E-state index is 0.129. The van der Waals surface area contributed by atoms with Gasteiger partial charge in [0.15, 0.2) is 0 Å². The Labute approximate surface area is 218 Å². The third-order valence-electron chi connectivity index (χ3n) is 6.24. The number of carbonyl (C=O) groups excluding carboxylic acids is 1. The molecule has 0 aliphatic rings. The molecule has 0 radical (unpaired) electrons. The highest BCUT2D eigenvalue weighted by Gasteiger charge is 2.21. The highest BCUT2D eigenvalue weighted by molar-refractivity contribution is 6.31. The SMILES string of the molecule is COC(=O)c1ccc(-c2ccc(C(CC(=NO)c3ccc(=O)n(C)c3)c3ccccc3Cl)cc2)cc1F. The number of rotatable bonds is 7. The molecule has 188 valence electrons. The molecule has 3 aromatic carbocycles. The Morgan fingerprint density at radius 2 is 1.76 bits per heavy atom. The summed E-state index contributed by atoms with van der Waals surface area (Å²) >= 11 is 6.56. The maximum absolute atomic E-state index is 14.5. The summed E-state index contributed by atoms with van der Waals surface area (Å²) in [5.74, 6) is -1.67. The number of carbonyl (C=O) groups is 1. The van der Waals surface area contributed by atoms with Crippen molar-refractivity contribution < 1.29 is 19.1 Å². The van der Waals surface area contributed by atoms with E-state index >= 15 is 0 Å². The monoisotopic (exact) mass is 518 g/mol. The summed E-state index contributed by atoms with van der Waals surface area (Å²) in [6, 6.07) is 22.4. The summed E-state index contributed by atoms with van der Waals surface area (Å²) in [4.78, 5) is 23.5. The number of pyridine rings is 1. The van der Waals surface area contributed by atoms with E-state index in [0.717, 1.165) is 16.7 Å². The Hall–Kier alpha value is -4.23. The molecule has 1 heterocycles. The third-order valence-corrected chi connectivity index (χ3v) is 6.58. The fourth-order valence-corrected chi connectivity index (χ4v) is 4.48. The van der Waals surface area contributed by atoms with Gasteiger partial charge in [-0.1, -0.05) is 65.3 Å². The predicted molar refractivity (Wildman–Crippen MR) is 141 cm³/mol. The molecule has 1 atom stereocenters. The van der Waals surface area contributed by atoms with Crippen LogP contribution in [0.25, 0.3) is 11.1 Å². The summed E-state index contributed by atoms with van der Waals surface area (Å²) in [7, 11) is 2.83. The van der Waals surface area contributed by atoms with Crippen LogP contribution in [0.3, 0.4) is 0 Å². The van der Waals surface area contributed by atoms with Gasteiger partial charge in [0.2, 0.25) is 5.56 Å². The second-order valence-electron chi connectivity index (χ2n) is 8.50. The number of nitrogens with zero attached hydrogens (tertiary/aromatic N) is 2. The number of benzene rings is 3. The van der Waals surface area contributed by atoms with Gasteiger partial charge in [0.05, 0.1) is 18.4 Å². The van der Waals surface area contributed by atoms with E-state index < -0.39 is 11.8 Å². The van der Waals surface area contributed by atoms with E-state index in [2.05, 4.69) is 9.89 Å². The van der Waals surface area contributed by atoms with Gasteiger partial charge in [-0.2, -0.15) is 0 Å². The lowest BCUT2D eigenvalue weighted by molar-refractivity contribution is 0.0595. The van der Waals surface area contributed by atoms with E-state index in [1.54, 1.807) is 31.4 Å². The van der Waals surface area contributed by atoms with Gasteiger partial charge in [-0.3, -0.25) is 4.79 Å². The Morgan fingerprint density at radius 1 is 1.05 bits per heavy atom. The molecular formula is C29H24ClFN2O4. The summed E-state index contributed by atoms with van der Waals surface area (Å²) in [5, 5.41) is 13.9. The van der Waals surface area contributed by atoms with E-state index in [-0.39, 0.29) is 17.0 Å². The normalized spacial score (nSPS) is 12.3. The molecule has 0 saturated carbocycles. The Kier molecular flexibility index (Phi) is 7.84. The lowest BCUT2D eigenvalue weighted by Crippen LogP contribution is -2.18. The fraction of sp³-hybridized carbons (Fsp3) is 0.138. The second kappa shape index (κ2) is 11.2. The summed E-state index contributed by atoms with van der Waals surface area (Å²) < 4.78 is 20.5. The number of esters is 1. The molecular weight excluding hydrogens is 495 g/mol. The lowest BCUT2D eigenvalue weighted by Gasteiger charge is -2.21. The van der Waals surface area contributed by atoms with Crippen LogP contribution in [0.15, 0.2) is 95.0 Å². The Bertz CT molecular complexity index is 1530. The molecule has 1 aromatic heterocycles. The highest BCUT2D eigenvalue weighted by atomic mass is 35.5. The molecule has 0 aliphatic carbocycles. The quantitative estimate of drug-likeness (QED) is 0.140. The van der Waals surface area contributed by atoms with E-state index in [1.165, 1.54) is 29.9 Å². The van der Waals surface area contributed by atoms with Crippen LogP contribution < -0.4 is 5.56 Å². The zero-order chi connectivity index (χ0) is 26.5. The van der Waals surface area contributed by atoms with Gasteiger partial charge < -0.3 is 14.5 Å². The minimum atomic E-state index is -0.734. The summed E-state index contributed by atoms with van der Waals surface area (Å²) in [6.45, 7) is 0. The van der Waals surface area contributed by atoms with Crippen LogP contribution in [-0.2, 0) is 11.8 Å². The number of hydrogen-bond acceptors (Lipinski definition) is 5. The first-order chi connectivity index (χ1) is 17.8. The van der Waals surface area contributed by atoms with E-state index in [1.807, 2.05) is 42.5 Å². The fourth-order valence-electron chi connectivity index (χ4n) is 4.22. The first-order valence-electron chi connectivity index (χ1n) is 11.4. The second-order valence-corrected chi connectivity index (χ2v) is 8.91. The molecule has 0 aliphatic heterocycles. The van der Waals surface area contributed by atoms with Crippen LogP contribution >= 0.6 is 11.6 Å². The molecule has 4 rings (SSSR count).